The Bertz CT molecular complexity index is 179. The van der Waals surface area contributed by atoms with Gasteiger partial charge in [0.05, 0.1) is 0 Å². The lowest BCUT2D eigenvalue weighted by Gasteiger charge is -2.24. The summed E-state index contributed by atoms with van der Waals surface area (Å²) in [4.78, 5) is 1.97. The summed E-state index contributed by atoms with van der Waals surface area (Å²) in [6.45, 7) is 6.19. The average Bonchev–Trinajstić information content (AvgIpc) is 2.30. The Kier molecular flexibility index (Phi) is 2.19. The third-order valence-electron chi connectivity index (χ3n) is 2.85. The van der Waals surface area contributed by atoms with Gasteiger partial charge in [-0.25, -0.2) is 8.78 Å². The predicted molar refractivity (Wildman–Crippen MR) is 45.4 cm³/mol. The number of halogens is 2. The molecule has 0 heterocycles. The van der Waals surface area contributed by atoms with Crippen molar-refractivity contribution < 1.29 is 8.78 Å². The molecule has 1 saturated carbocycles. The number of hydrogen-bond donors (Lipinski definition) is 0. The van der Waals surface area contributed by atoms with Crippen LogP contribution in [0.25, 0.3) is 0 Å². The van der Waals surface area contributed by atoms with Crippen LogP contribution in [0.1, 0.15) is 27.2 Å². The van der Waals surface area contributed by atoms with Crippen molar-refractivity contribution in [1.82, 2.24) is 4.90 Å². The van der Waals surface area contributed by atoms with Gasteiger partial charge in [-0.2, -0.15) is 0 Å². The smallest absolute Gasteiger partial charge is 0.255 e. The first-order chi connectivity index (χ1) is 5.28. The summed E-state index contributed by atoms with van der Waals surface area (Å²) in [5, 5.41) is 0. The van der Waals surface area contributed by atoms with Crippen molar-refractivity contribution in [3.8, 4) is 0 Å². The molecule has 1 aliphatic carbocycles. The normalized spacial score (nSPS) is 33.0. The van der Waals surface area contributed by atoms with Crippen LogP contribution in [0, 0.1) is 5.41 Å². The van der Waals surface area contributed by atoms with Crippen LogP contribution in [0.2, 0.25) is 0 Å². The molecule has 0 aromatic heterocycles. The summed E-state index contributed by atoms with van der Waals surface area (Å²) >= 11 is 0. The lowest BCUT2D eigenvalue weighted by atomic mass is 10.1. The van der Waals surface area contributed by atoms with Gasteiger partial charge in [0.15, 0.2) is 0 Å². The van der Waals surface area contributed by atoms with Crippen LogP contribution < -0.4 is 0 Å². The maximum atomic E-state index is 12.8. The van der Waals surface area contributed by atoms with E-state index in [1.807, 2.05) is 25.8 Å². The molecule has 0 amide bonds. The van der Waals surface area contributed by atoms with Crippen molar-refractivity contribution in [2.24, 2.45) is 5.41 Å². The van der Waals surface area contributed by atoms with Crippen molar-refractivity contribution in [2.45, 2.75) is 39.2 Å². The molecule has 1 unspecified atom stereocenters. The highest BCUT2D eigenvalue weighted by molar-refractivity contribution is 5.08. The van der Waals surface area contributed by atoms with Crippen LogP contribution in [-0.4, -0.2) is 30.5 Å². The van der Waals surface area contributed by atoms with E-state index in [4.69, 9.17) is 0 Å². The fourth-order valence-electron chi connectivity index (χ4n) is 1.35. The summed E-state index contributed by atoms with van der Waals surface area (Å²) in [6, 6.07) is 0.346. The van der Waals surface area contributed by atoms with Crippen LogP contribution in [0.4, 0.5) is 8.78 Å². The molecule has 1 nitrogen and oxygen atoms in total. The van der Waals surface area contributed by atoms with Crippen molar-refractivity contribution in [2.75, 3.05) is 13.6 Å². The van der Waals surface area contributed by atoms with E-state index < -0.39 is 11.3 Å². The van der Waals surface area contributed by atoms with Gasteiger partial charge in [0.25, 0.3) is 5.92 Å². The number of alkyl halides is 2. The minimum absolute atomic E-state index is 0.0526. The molecule has 0 radical (unpaired) electrons. The number of nitrogens with zero attached hydrogens (tertiary/aromatic N) is 1. The largest absolute Gasteiger partial charge is 0.303 e. The fourth-order valence-corrected chi connectivity index (χ4v) is 1.35. The molecule has 0 aromatic rings. The standard InChI is InChI=1S/C9H17F2N/c1-7(2)12(4)6-8(3)5-9(8,10)11/h7H,5-6H2,1-4H3. The van der Waals surface area contributed by atoms with E-state index in [1.165, 1.54) is 0 Å². The molecule has 1 atom stereocenters. The molecule has 1 rings (SSSR count). The Morgan fingerprint density at radius 2 is 1.83 bits per heavy atom. The lowest BCUT2D eigenvalue weighted by Crippen LogP contribution is -2.33. The Morgan fingerprint density at radius 3 is 2.08 bits per heavy atom. The van der Waals surface area contributed by atoms with E-state index >= 15 is 0 Å². The molecule has 0 N–H and O–H groups in total. The highest BCUT2D eigenvalue weighted by Gasteiger charge is 2.67. The molecule has 0 spiro atoms. The molecule has 0 aromatic carbocycles. The molecule has 3 heteroatoms. The molecular weight excluding hydrogens is 160 g/mol. The van der Waals surface area contributed by atoms with Gasteiger partial charge in [-0.15, -0.1) is 0 Å². The first-order valence-electron chi connectivity index (χ1n) is 4.36. The molecule has 1 aliphatic rings. The average molecular weight is 177 g/mol. The summed E-state index contributed by atoms with van der Waals surface area (Å²) < 4.78 is 25.6. The molecule has 12 heavy (non-hydrogen) atoms. The lowest BCUT2D eigenvalue weighted by molar-refractivity contribution is 0.0529. The van der Waals surface area contributed by atoms with Crippen LogP contribution in [0.5, 0.6) is 0 Å². The zero-order valence-corrected chi connectivity index (χ0v) is 8.19. The van der Waals surface area contributed by atoms with Crippen LogP contribution >= 0.6 is 0 Å². The summed E-state index contributed by atoms with van der Waals surface area (Å²) in [6.07, 6.45) is 0.0526. The Labute approximate surface area is 72.7 Å². The third-order valence-corrected chi connectivity index (χ3v) is 2.85. The van der Waals surface area contributed by atoms with E-state index in [1.54, 1.807) is 6.92 Å². The molecule has 72 valence electrons. The zero-order valence-electron chi connectivity index (χ0n) is 8.19. The van der Waals surface area contributed by atoms with E-state index in [0.29, 0.717) is 12.6 Å². The minimum atomic E-state index is -2.42. The van der Waals surface area contributed by atoms with Gasteiger partial charge in [-0.1, -0.05) is 6.92 Å². The Morgan fingerprint density at radius 1 is 1.42 bits per heavy atom. The van der Waals surface area contributed by atoms with Gasteiger partial charge in [0.1, 0.15) is 0 Å². The van der Waals surface area contributed by atoms with E-state index in [9.17, 15) is 8.78 Å². The van der Waals surface area contributed by atoms with Gasteiger partial charge in [0, 0.05) is 24.4 Å². The van der Waals surface area contributed by atoms with Crippen LogP contribution in [0.3, 0.4) is 0 Å². The first kappa shape index (κ1) is 9.90. The summed E-state index contributed by atoms with van der Waals surface area (Å²) in [7, 11) is 1.89. The molecule has 0 saturated heterocycles. The topological polar surface area (TPSA) is 3.24 Å². The van der Waals surface area contributed by atoms with Gasteiger partial charge in [0.2, 0.25) is 0 Å². The fraction of sp³-hybridized carbons (Fsp3) is 1.00. The molecule has 0 bridgehead atoms. The second-order valence-electron chi connectivity index (χ2n) is 4.45. The highest BCUT2D eigenvalue weighted by Crippen LogP contribution is 2.60. The monoisotopic (exact) mass is 177 g/mol. The van der Waals surface area contributed by atoms with Crippen LogP contribution in [-0.2, 0) is 0 Å². The molecule has 0 aliphatic heterocycles. The van der Waals surface area contributed by atoms with Crippen molar-refractivity contribution in [3.63, 3.8) is 0 Å². The zero-order chi connectivity index (χ0) is 9.57. The summed E-state index contributed by atoms with van der Waals surface area (Å²) in [5.74, 6) is -2.42. The maximum Gasteiger partial charge on any atom is 0.255 e. The van der Waals surface area contributed by atoms with Crippen molar-refractivity contribution in [1.29, 1.82) is 0 Å². The van der Waals surface area contributed by atoms with Crippen molar-refractivity contribution >= 4 is 0 Å². The van der Waals surface area contributed by atoms with E-state index in [2.05, 4.69) is 0 Å². The van der Waals surface area contributed by atoms with E-state index in [0.717, 1.165) is 0 Å². The predicted octanol–water partition coefficient (Wildman–Crippen LogP) is 2.37. The number of rotatable bonds is 3. The second-order valence-corrected chi connectivity index (χ2v) is 4.45. The van der Waals surface area contributed by atoms with Gasteiger partial charge >= 0.3 is 0 Å². The van der Waals surface area contributed by atoms with E-state index in [-0.39, 0.29) is 6.42 Å². The van der Waals surface area contributed by atoms with Crippen molar-refractivity contribution in [3.05, 3.63) is 0 Å². The minimum Gasteiger partial charge on any atom is -0.303 e. The van der Waals surface area contributed by atoms with Gasteiger partial charge in [-0.3, -0.25) is 0 Å². The number of hydrogen-bond acceptors (Lipinski definition) is 1. The Balaban J connectivity index is 2.44. The SMILES string of the molecule is CC(C)N(C)CC1(C)CC1(F)F. The second kappa shape index (κ2) is 2.66. The van der Waals surface area contributed by atoms with Crippen LogP contribution in [0.15, 0.2) is 0 Å². The highest BCUT2D eigenvalue weighted by atomic mass is 19.3. The van der Waals surface area contributed by atoms with Gasteiger partial charge < -0.3 is 4.90 Å². The summed E-state index contributed by atoms with van der Waals surface area (Å²) in [5.41, 5.74) is -0.758. The Hall–Kier alpha value is -0.180. The molecule has 1 fully saturated rings. The third kappa shape index (κ3) is 1.60. The first-order valence-corrected chi connectivity index (χ1v) is 4.36. The quantitative estimate of drug-likeness (QED) is 0.639. The van der Waals surface area contributed by atoms with Gasteiger partial charge in [-0.05, 0) is 20.9 Å². The molecular formula is C9H17F2N. The maximum absolute atomic E-state index is 12.8.